The highest BCUT2D eigenvalue weighted by Gasteiger charge is 2.05. The van der Waals surface area contributed by atoms with Crippen molar-refractivity contribution >= 4 is 5.96 Å². The van der Waals surface area contributed by atoms with Crippen LogP contribution in [0.5, 0.6) is 0 Å². The number of hydrogen-bond acceptors (Lipinski definition) is 4. The second-order valence-corrected chi connectivity index (χ2v) is 7.33. The molecule has 0 aliphatic heterocycles. The van der Waals surface area contributed by atoms with Crippen molar-refractivity contribution in [3.05, 3.63) is 83.9 Å². The minimum Gasteiger partial charge on any atom is -0.376 e. The lowest BCUT2D eigenvalue weighted by Crippen LogP contribution is -2.39. The molecule has 1 atom stereocenters. The Bertz CT molecular complexity index is 895. The van der Waals surface area contributed by atoms with Crippen LogP contribution >= 0.6 is 0 Å². The van der Waals surface area contributed by atoms with E-state index in [4.69, 9.17) is 4.74 Å². The summed E-state index contributed by atoms with van der Waals surface area (Å²) in [5, 5.41) is 10.9. The summed E-state index contributed by atoms with van der Waals surface area (Å²) in [6.07, 6.45) is 3.27. The average molecular weight is 407 g/mol. The van der Waals surface area contributed by atoms with Gasteiger partial charge < -0.3 is 15.4 Å². The number of nitrogens with one attached hydrogen (secondary N) is 2. The minimum atomic E-state index is 0.373. The largest absolute Gasteiger partial charge is 0.376 e. The van der Waals surface area contributed by atoms with Gasteiger partial charge in [0.25, 0.3) is 0 Å². The van der Waals surface area contributed by atoms with E-state index in [0.717, 1.165) is 12.5 Å². The predicted molar refractivity (Wildman–Crippen MR) is 119 cm³/mol. The first-order valence-electron chi connectivity index (χ1n) is 10.2. The maximum Gasteiger partial charge on any atom is 0.191 e. The van der Waals surface area contributed by atoms with Crippen molar-refractivity contribution in [2.24, 2.45) is 10.9 Å². The van der Waals surface area contributed by atoms with Crippen LogP contribution in [0, 0.1) is 5.92 Å². The highest BCUT2D eigenvalue weighted by Crippen LogP contribution is 2.07. The molecular weight excluding hydrogens is 376 g/mol. The van der Waals surface area contributed by atoms with Crippen LogP contribution < -0.4 is 10.6 Å². The van der Waals surface area contributed by atoms with Gasteiger partial charge in [-0.2, -0.15) is 5.10 Å². The Morgan fingerprint density at radius 2 is 1.87 bits per heavy atom. The first kappa shape index (κ1) is 21.5. The van der Waals surface area contributed by atoms with Gasteiger partial charge in [0.05, 0.1) is 19.8 Å². The molecular formula is C23H30N6O. The molecule has 2 aromatic carbocycles. The zero-order valence-corrected chi connectivity index (χ0v) is 17.7. The van der Waals surface area contributed by atoms with E-state index in [2.05, 4.69) is 69.0 Å². The van der Waals surface area contributed by atoms with Crippen molar-refractivity contribution in [2.75, 3.05) is 20.2 Å². The fourth-order valence-electron chi connectivity index (χ4n) is 3.03. The van der Waals surface area contributed by atoms with Crippen LogP contribution in [0.2, 0.25) is 0 Å². The third-order valence-corrected chi connectivity index (χ3v) is 4.62. The van der Waals surface area contributed by atoms with Crippen LogP contribution in [0.1, 0.15) is 23.6 Å². The second-order valence-electron chi connectivity index (χ2n) is 7.33. The zero-order valence-electron chi connectivity index (χ0n) is 17.7. The van der Waals surface area contributed by atoms with Crippen molar-refractivity contribution in [3.63, 3.8) is 0 Å². The summed E-state index contributed by atoms with van der Waals surface area (Å²) in [5.41, 5.74) is 3.57. The van der Waals surface area contributed by atoms with Crippen LogP contribution in [0.3, 0.4) is 0 Å². The number of rotatable bonds is 10. The van der Waals surface area contributed by atoms with E-state index < -0.39 is 0 Å². The molecule has 0 saturated carbocycles. The molecule has 1 unspecified atom stereocenters. The third-order valence-electron chi connectivity index (χ3n) is 4.62. The third kappa shape index (κ3) is 7.33. The van der Waals surface area contributed by atoms with E-state index in [-0.39, 0.29) is 0 Å². The fraction of sp³-hybridized carbons (Fsp3) is 0.348. The van der Waals surface area contributed by atoms with Gasteiger partial charge in [-0.3, -0.25) is 4.99 Å². The standard InChI is InChI=1S/C23H30N6O/c1-19(15-30-16-20-7-4-3-5-8-20)12-26-23(24-2)27-13-21-9-6-10-22(11-21)14-29-18-25-17-28-29/h3-11,17-19H,12-16H2,1-2H3,(H2,24,26,27). The number of aliphatic imine (C=N–C) groups is 1. The Labute approximate surface area is 178 Å². The van der Waals surface area contributed by atoms with Gasteiger partial charge in [-0.15, -0.1) is 0 Å². The molecule has 0 radical (unpaired) electrons. The number of nitrogens with zero attached hydrogens (tertiary/aromatic N) is 4. The predicted octanol–water partition coefficient (Wildman–Crippen LogP) is 2.84. The second kappa shape index (κ2) is 11.7. The molecule has 0 aliphatic carbocycles. The summed E-state index contributed by atoms with van der Waals surface area (Å²) in [4.78, 5) is 8.30. The van der Waals surface area contributed by atoms with Gasteiger partial charge in [-0.25, -0.2) is 9.67 Å². The molecule has 158 valence electrons. The topological polar surface area (TPSA) is 76.4 Å². The number of hydrogen-bond donors (Lipinski definition) is 2. The van der Waals surface area contributed by atoms with E-state index >= 15 is 0 Å². The lowest BCUT2D eigenvalue weighted by molar-refractivity contribution is 0.0931. The maximum atomic E-state index is 5.82. The van der Waals surface area contributed by atoms with Crippen LogP contribution in [-0.4, -0.2) is 40.9 Å². The maximum absolute atomic E-state index is 5.82. The van der Waals surface area contributed by atoms with Crippen LogP contribution in [-0.2, 0) is 24.4 Å². The van der Waals surface area contributed by atoms with Gasteiger partial charge in [0.1, 0.15) is 12.7 Å². The molecule has 30 heavy (non-hydrogen) atoms. The molecule has 0 saturated heterocycles. The number of benzene rings is 2. The smallest absolute Gasteiger partial charge is 0.191 e. The molecule has 0 aliphatic rings. The van der Waals surface area contributed by atoms with E-state index in [0.29, 0.717) is 32.2 Å². The lowest BCUT2D eigenvalue weighted by atomic mass is 10.1. The van der Waals surface area contributed by atoms with Crippen molar-refractivity contribution in [1.82, 2.24) is 25.4 Å². The minimum absolute atomic E-state index is 0.373. The van der Waals surface area contributed by atoms with Gasteiger partial charge in [0, 0.05) is 20.1 Å². The SMILES string of the molecule is CN=C(NCc1cccc(Cn2cncn2)c1)NCC(C)COCc1ccccc1. The summed E-state index contributed by atoms with van der Waals surface area (Å²) in [6, 6.07) is 18.7. The van der Waals surface area contributed by atoms with E-state index in [1.54, 1.807) is 19.7 Å². The van der Waals surface area contributed by atoms with Gasteiger partial charge >= 0.3 is 0 Å². The monoisotopic (exact) mass is 406 g/mol. The molecule has 0 fully saturated rings. The molecule has 1 aromatic heterocycles. The molecule has 7 heteroatoms. The Hall–Kier alpha value is -3.19. The molecule has 3 rings (SSSR count). The first-order valence-corrected chi connectivity index (χ1v) is 10.2. The van der Waals surface area contributed by atoms with Crippen molar-refractivity contribution in [2.45, 2.75) is 26.6 Å². The van der Waals surface area contributed by atoms with Gasteiger partial charge in [0.15, 0.2) is 5.96 Å². The highest BCUT2D eigenvalue weighted by molar-refractivity contribution is 5.79. The van der Waals surface area contributed by atoms with Gasteiger partial charge in [-0.1, -0.05) is 61.5 Å². The highest BCUT2D eigenvalue weighted by atomic mass is 16.5. The molecule has 2 N–H and O–H groups in total. The summed E-state index contributed by atoms with van der Waals surface area (Å²) in [6.45, 7) is 5.71. The van der Waals surface area contributed by atoms with E-state index in [1.807, 2.05) is 22.9 Å². The van der Waals surface area contributed by atoms with Crippen LogP contribution in [0.4, 0.5) is 0 Å². The lowest BCUT2D eigenvalue weighted by Gasteiger charge is -2.16. The Morgan fingerprint density at radius 1 is 1.07 bits per heavy atom. The van der Waals surface area contributed by atoms with Crippen LogP contribution in [0.15, 0.2) is 72.2 Å². The Kier molecular flexibility index (Phi) is 8.41. The molecule has 1 heterocycles. The molecule has 7 nitrogen and oxygen atoms in total. The quantitative estimate of drug-likeness (QED) is 0.400. The summed E-state index contributed by atoms with van der Waals surface area (Å²) >= 11 is 0. The Balaban J connectivity index is 1.38. The van der Waals surface area contributed by atoms with Crippen molar-refractivity contribution in [3.8, 4) is 0 Å². The molecule has 0 spiro atoms. The molecule has 3 aromatic rings. The number of aromatic nitrogens is 3. The van der Waals surface area contributed by atoms with Crippen molar-refractivity contribution in [1.29, 1.82) is 0 Å². The zero-order chi connectivity index (χ0) is 21.0. The van der Waals surface area contributed by atoms with Crippen LogP contribution in [0.25, 0.3) is 0 Å². The Morgan fingerprint density at radius 3 is 2.63 bits per heavy atom. The number of guanidine groups is 1. The van der Waals surface area contributed by atoms with Gasteiger partial charge in [0.2, 0.25) is 0 Å². The molecule has 0 bridgehead atoms. The first-order chi connectivity index (χ1) is 14.7. The van der Waals surface area contributed by atoms with Gasteiger partial charge in [-0.05, 0) is 22.6 Å². The molecule has 0 amide bonds. The van der Waals surface area contributed by atoms with E-state index in [9.17, 15) is 0 Å². The summed E-state index contributed by atoms with van der Waals surface area (Å²) in [7, 11) is 1.78. The van der Waals surface area contributed by atoms with Crippen molar-refractivity contribution < 1.29 is 4.74 Å². The summed E-state index contributed by atoms with van der Waals surface area (Å²) in [5.74, 6) is 1.16. The average Bonchev–Trinajstić information content (AvgIpc) is 3.28. The fourth-order valence-corrected chi connectivity index (χ4v) is 3.03. The number of ether oxygens (including phenoxy) is 1. The summed E-state index contributed by atoms with van der Waals surface area (Å²) < 4.78 is 7.63. The normalized spacial score (nSPS) is 12.5. The van der Waals surface area contributed by atoms with E-state index in [1.165, 1.54) is 16.7 Å².